The smallest absolute Gasteiger partial charge is 0.313 e. The van der Waals surface area contributed by atoms with E-state index in [0.717, 1.165) is 16.2 Å². The maximum atomic E-state index is 14.4. The van der Waals surface area contributed by atoms with Crippen LogP contribution in [0.5, 0.6) is 0 Å². The monoisotopic (exact) mass is 418 g/mol. The van der Waals surface area contributed by atoms with Crippen LogP contribution in [0.1, 0.15) is 27.7 Å². The van der Waals surface area contributed by atoms with Crippen molar-refractivity contribution in [3.8, 4) is 0 Å². The predicted octanol–water partition coefficient (Wildman–Crippen LogP) is 5.56. The molecule has 2 aromatic rings. The highest BCUT2D eigenvalue weighted by molar-refractivity contribution is 7.79. The molecule has 0 aromatic heterocycles. The summed E-state index contributed by atoms with van der Waals surface area (Å²) in [5.41, 5.74) is 0.638. The zero-order valence-electron chi connectivity index (χ0n) is 16.9. The lowest BCUT2D eigenvalue weighted by molar-refractivity contribution is 0.0445. The molecule has 28 heavy (non-hydrogen) atoms. The Bertz CT molecular complexity index is 888. The second kappa shape index (κ2) is 8.13. The Labute approximate surface area is 167 Å². The molecule has 0 bridgehead atoms. The molecule has 1 fully saturated rings. The van der Waals surface area contributed by atoms with Gasteiger partial charge in [0, 0.05) is 27.5 Å². The van der Waals surface area contributed by atoms with Gasteiger partial charge in [0.2, 0.25) is 0 Å². The molecule has 0 amide bonds. The Morgan fingerprint density at radius 3 is 1.75 bits per heavy atom. The predicted molar refractivity (Wildman–Crippen MR) is 116 cm³/mol. The molecule has 0 spiro atoms. The van der Waals surface area contributed by atoms with E-state index in [9.17, 15) is 9.13 Å². The highest BCUT2D eigenvalue weighted by Crippen LogP contribution is 2.64. The fourth-order valence-corrected chi connectivity index (χ4v) is 9.12. The standard InChI is InChI=1S/C22H28O4P2/c1-18(2)21(28(24)25-16-22(3,4)17-26-28)15-27(23,19-11-7-5-8-12-19)20-13-9-6-10-14-20/h5-14H,15-17H2,1-4H3. The van der Waals surface area contributed by atoms with Crippen LogP contribution in [0, 0.1) is 5.41 Å². The molecular weight excluding hydrogens is 390 g/mol. The number of benzene rings is 2. The molecule has 6 heteroatoms. The Morgan fingerprint density at radius 2 is 1.36 bits per heavy atom. The first-order chi connectivity index (χ1) is 13.2. The summed E-state index contributed by atoms with van der Waals surface area (Å²) in [5.74, 6) is 0. The molecule has 0 unspecified atom stereocenters. The number of rotatable bonds is 5. The van der Waals surface area contributed by atoms with Crippen LogP contribution in [0.2, 0.25) is 0 Å². The minimum Gasteiger partial charge on any atom is -0.313 e. The van der Waals surface area contributed by atoms with Crippen molar-refractivity contribution < 1.29 is 18.2 Å². The number of hydrogen-bond donors (Lipinski definition) is 0. The third-order valence-corrected chi connectivity index (χ3v) is 10.4. The van der Waals surface area contributed by atoms with Crippen LogP contribution in [0.4, 0.5) is 0 Å². The van der Waals surface area contributed by atoms with Crippen molar-refractivity contribution in [1.29, 1.82) is 0 Å². The minimum absolute atomic E-state index is 0.140. The minimum atomic E-state index is -3.49. The van der Waals surface area contributed by atoms with E-state index in [1.54, 1.807) is 0 Å². The van der Waals surface area contributed by atoms with Crippen LogP contribution < -0.4 is 10.6 Å². The Kier molecular flexibility index (Phi) is 6.17. The zero-order valence-corrected chi connectivity index (χ0v) is 18.7. The van der Waals surface area contributed by atoms with E-state index in [0.29, 0.717) is 18.5 Å². The van der Waals surface area contributed by atoms with Gasteiger partial charge >= 0.3 is 7.60 Å². The molecule has 4 nitrogen and oxygen atoms in total. The van der Waals surface area contributed by atoms with Gasteiger partial charge in [0.15, 0.2) is 0 Å². The molecule has 1 aliphatic heterocycles. The van der Waals surface area contributed by atoms with E-state index in [-0.39, 0.29) is 11.6 Å². The molecule has 0 N–H and O–H groups in total. The van der Waals surface area contributed by atoms with Gasteiger partial charge in [-0.05, 0) is 13.8 Å². The van der Waals surface area contributed by atoms with E-state index in [1.165, 1.54) is 0 Å². The first-order valence-electron chi connectivity index (χ1n) is 9.43. The summed E-state index contributed by atoms with van der Waals surface area (Å²) in [6.07, 6.45) is 0.140. The molecule has 0 aliphatic carbocycles. The number of allylic oxidation sites excluding steroid dienone is 2. The molecule has 1 aliphatic rings. The maximum Gasteiger partial charge on any atom is 0.357 e. The van der Waals surface area contributed by atoms with E-state index in [2.05, 4.69) is 0 Å². The van der Waals surface area contributed by atoms with E-state index < -0.39 is 14.7 Å². The average molecular weight is 418 g/mol. The lowest BCUT2D eigenvalue weighted by Crippen LogP contribution is -2.30. The van der Waals surface area contributed by atoms with Crippen LogP contribution >= 0.6 is 14.7 Å². The molecule has 0 atom stereocenters. The van der Waals surface area contributed by atoms with Crippen molar-refractivity contribution in [3.05, 3.63) is 71.6 Å². The number of hydrogen-bond acceptors (Lipinski definition) is 4. The molecule has 150 valence electrons. The van der Waals surface area contributed by atoms with E-state index in [4.69, 9.17) is 9.05 Å². The van der Waals surface area contributed by atoms with Crippen LogP contribution in [-0.4, -0.2) is 19.4 Å². The molecule has 0 radical (unpaired) electrons. The van der Waals surface area contributed by atoms with E-state index in [1.807, 2.05) is 88.4 Å². The Balaban J connectivity index is 2.06. The molecule has 1 saturated heterocycles. The van der Waals surface area contributed by atoms with Crippen LogP contribution in [0.3, 0.4) is 0 Å². The highest BCUT2D eigenvalue weighted by Gasteiger charge is 2.43. The third-order valence-electron chi connectivity index (χ3n) is 4.88. The first kappa shape index (κ1) is 21.3. The SMILES string of the molecule is CC(C)=C(CP(=O)(c1ccccc1)c1ccccc1)P1(=O)OCC(C)(C)CO1. The van der Waals surface area contributed by atoms with Crippen LogP contribution in [-0.2, 0) is 18.2 Å². The topological polar surface area (TPSA) is 52.6 Å². The maximum absolute atomic E-state index is 14.4. The molecule has 3 rings (SSSR count). The van der Waals surface area contributed by atoms with Gasteiger partial charge in [-0.15, -0.1) is 0 Å². The van der Waals surface area contributed by atoms with Gasteiger partial charge in [0.25, 0.3) is 0 Å². The van der Waals surface area contributed by atoms with Gasteiger partial charge in [-0.25, -0.2) is 0 Å². The fourth-order valence-electron chi connectivity index (χ4n) is 3.15. The van der Waals surface area contributed by atoms with Crippen molar-refractivity contribution in [1.82, 2.24) is 0 Å². The molecule has 2 aromatic carbocycles. The second-order valence-corrected chi connectivity index (χ2v) is 13.1. The lowest BCUT2D eigenvalue weighted by atomic mass is 9.97. The summed E-state index contributed by atoms with van der Waals surface area (Å²) in [6.45, 7) is 8.47. The average Bonchev–Trinajstić information content (AvgIpc) is 2.69. The van der Waals surface area contributed by atoms with Gasteiger partial charge < -0.3 is 13.6 Å². The highest BCUT2D eigenvalue weighted by atomic mass is 31.2. The normalized spacial score (nSPS) is 18.4. The second-order valence-electron chi connectivity index (χ2n) is 8.22. The van der Waals surface area contributed by atoms with Gasteiger partial charge in [-0.2, -0.15) is 0 Å². The van der Waals surface area contributed by atoms with Crippen molar-refractivity contribution in [2.75, 3.05) is 19.4 Å². The van der Waals surface area contributed by atoms with Crippen molar-refractivity contribution in [2.24, 2.45) is 5.41 Å². The first-order valence-corrected chi connectivity index (χ1v) is 12.9. The van der Waals surface area contributed by atoms with Crippen LogP contribution in [0.15, 0.2) is 71.6 Å². The van der Waals surface area contributed by atoms with E-state index >= 15 is 0 Å². The largest absolute Gasteiger partial charge is 0.357 e. The summed E-state index contributed by atoms with van der Waals surface area (Å²) in [5, 5.41) is 2.01. The Hall–Kier alpha value is -1.44. The molecule has 0 saturated carbocycles. The summed E-state index contributed by atoms with van der Waals surface area (Å²) in [7, 11) is -6.56. The summed E-state index contributed by atoms with van der Waals surface area (Å²) in [6, 6.07) is 18.8. The summed E-state index contributed by atoms with van der Waals surface area (Å²) < 4.78 is 39.5. The zero-order chi connectivity index (χ0) is 20.4. The molecule has 1 heterocycles. The lowest BCUT2D eigenvalue weighted by Gasteiger charge is -2.36. The Morgan fingerprint density at radius 1 is 0.929 bits per heavy atom. The quantitative estimate of drug-likeness (QED) is 0.597. The van der Waals surface area contributed by atoms with Gasteiger partial charge in [-0.3, -0.25) is 4.57 Å². The van der Waals surface area contributed by atoms with Gasteiger partial charge in [-0.1, -0.05) is 80.1 Å². The van der Waals surface area contributed by atoms with Crippen LogP contribution in [0.25, 0.3) is 0 Å². The van der Waals surface area contributed by atoms with Gasteiger partial charge in [0.1, 0.15) is 7.14 Å². The van der Waals surface area contributed by atoms with Crippen molar-refractivity contribution in [2.45, 2.75) is 27.7 Å². The van der Waals surface area contributed by atoms with Crippen molar-refractivity contribution >= 4 is 25.3 Å². The van der Waals surface area contributed by atoms with Crippen molar-refractivity contribution in [3.63, 3.8) is 0 Å². The third kappa shape index (κ3) is 4.42. The molecular formula is C22H28O4P2. The summed E-state index contributed by atoms with van der Waals surface area (Å²) >= 11 is 0. The summed E-state index contributed by atoms with van der Waals surface area (Å²) in [4.78, 5) is 0. The fraction of sp³-hybridized carbons (Fsp3) is 0.364. The van der Waals surface area contributed by atoms with Gasteiger partial charge in [0.05, 0.1) is 13.2 Å².